The quantitative estimate of drug-likeness (QED) is 0.621. The lowest BCUT2D eigenvalue weighted by atomic mass is 10.0. The number of ether oxygens (including phenoxy) is 4. The van der Waals surface area contributed by atoms with E-state index in [0.717, 1.165) is 34.1 Å². The summed E-state index contributed by atoms with van der Waals surface area (Å²) in [6.07, 6.45) is 3.38. The van der Waals surface area contributed by atoms with Gasteiger partial charge in [-0.1, -0.05) is 12.1 Å². The molecule has 0 spiro atoms. The van der Waals surface area contributed by atoms with Gasteiger partial charge in [-0.15, -0.1) is 0 Å². The number of methoxy groups -OCH3 is 2. The first-order valence-electron chi connectivity index (χ1n) is 10.2. The molecule has 1 N–H and O–H groups in total. The Hall–Kier alpha value is -3.58. The van der Waals surface area contributed by atoms with E-state index in [1.807, 2.05) is 49.4 Å². The SMILES string of the molecule is CCOc1cccc2c1OC(c1ccc(OC)c(OC)c1)N1NC(c3ccco3)=CC21. The van der Waals surface area contributed by atoms with E-state index in [1.165, 1.54) is 0 Å². The molecule has 0 amide bonds. The molecule has 2 aliphatic rings. The molecule has 7 heteroatoms. The second kappa shape index (κ2) is 7.92. The van der Waals surface area contributed by atoms with Crippen molar-refractivity contribution in [3.8, 4) is 23.0 Å². The van der Waals surface area contributed by atoms with Crippen LogP contribution in [0.5, 0.6) is 23.0 Å². The van der Waals surface area contributed by atoms with Gasteiger partial charge in [0.25, 0.3) is 0 Å². The summed E-state index contributed by atoms with van der Waals surface area (Å²) in [6.45, 7) is 2.52. The van der Waals surface area contributed by atoms with Gasteiger partial charge in [0, 0.05) is 11.1 Å². The second-order valence-electron chi connectivity index (χ2n) is 7.21. The molecular weight excluding hydrogens is 396 g/mol. The minimum atomic E-state index is -0.428. The molecule has 5 rings (SSSR count). The van der Waals surface area contributed by atoms with Crippen molar-refractivity contribution < 1.29 is 23.4 Å². The molecule has 0 fully saturated rings. The number of furan rings is 1. The second-order valence-corrected chi connectivity index (χ2v) is 7.21. The number of hydrogen-bond donors (Lipinski definition) is 1. The van der Waals surface area contributed by atoms with Crippen LogP contribution in [-0.2, 0) is 0 Å². The number of nitrogens with zero attached hydrogens (tertiary/aromatic N) is 1. The highest BCUT2D eigenvalue weighted by Crippen LogP contribution is 2.50. The first kappa shape index (κ1) is 19.4. The van der Waals surface area contributed by atoms with Gasteiger partial charge in [-0.05, 0) is 49.4 Å². The molecule has 3 heterocycles. The van der Waals surface area contributed by atoms with Crippen LogP contribution in [0.4, 0.5) is 0 Å². The van der Waals surface area contributed by atoms with Crippen LogP contribution in [0.15, 0.2) is 65.3 Å². The summed E-state index contributed by atoms with van der Waals surface area (Å²) in [5, 5.41) is 2.07. The standard InChI is InChI=1S/C24H24N2O5/c1-4-29-21-8-5-7-16-18-14-17(19-9-6-12-30-19)25-26(18)24(31-23(16)21)15-10-11-20(27-2)22(13-15)28-3/h5-14,18,24-25H,4H2,1-3H3. The summed E-state index contributed by atoms with van der Waals surface area (Å²) in [7, 11) is 3.25. The van der Waals surface area contributed by atoms with E-state index in [4.69, 9.17) is 23.4 Å². The van der Waals surface area contributed by atoms with Crippen LogP contribution in [0.2, 0.25) is 0 Å². The van der Waals surface area contributed by atoms with Crippen molar-refractivity contribution in [3.63, 3.8) is 0 Å². The summed E-state index contributed by atoms with van der Waals surface area (Å²) < 4.78 is 28.9. The molecule has 160 valence electrons. The van der Waals surface area contributed by atoms with Gasteiger partial charge < -0.3 is 28.8 Å². The molecule has 0 bridgehead atoms. The van der Waals surface area contributed by atoms with Crippen molar-refractivity contribution in [1.29, 1.82) is 0 Å². The van der Waals surface area contributed by atoms with Crippen molar-refractivity contribution in [3.05, 3.63) is 77.8 Å². The Morgan fingerprint density at radius 2 is 1.87 bits per heavy atom. The molecule has 2 unspecified atom stereocenters. The number of nitrogens with one attached hydrogen (secondary N) is 1. The summed E-state index contributed by atoms with van der Waals surface area (Å²) in [5.74, 6) is 3.54. The third-order valence-electron chi connectivity index (χ3n) is 5.46. The first-order valence-corrected chi connectivity index (χ1v) is 10.2. The Morgan fingerprint density at radius 1 is 1.00 bits per heavy atom. The number of fused-ring (bicyclic) bond motifs is 3. The lowest BCUT2D eigenvalue weighted by Crippen LogP contribution is -2.43. The average molecular weight is 420 g/mol. The van der Waals surface area contributed by atoms with E-state index >= 15 is 0 Å². The molecular formula is C24H24N2O5. The fourth-order valence-electron chi connectivity index (χ4n) is 4.06. The van der Waals surface area contributed by atoms with E-state index in [1.54, 1.807) is 20.5 Å². The summed E-state index contributed by atoms with van der Waals surface area (Å²) >= 11 is 0. The molecule has 7 nitrogen and oxygen atoms in total. The maximum atomic E-state index is 6.53. The maximum absolute atomic E-state index is 6.53. The van der Waals surface area contributed by atoms with Crippen molar-refractivity contribution in [2.24, 2.45) is 0 Å². The van der Waals surface area contributed by atoms with Gasteiger partial charge in [0.15, 0.2) is 35.0 Å². The number of hydrazine groups is 1. The van der Waals surface area contributed by atoms with E-state index in [-0.39, 0.29) is 6.04 Å². The Labute approximate surface area is 180 Å². The number of rotatable bonds is 6. The van der Waals surface area contributed by atoms with Crippen LogP contribution < -0.4 is 24.4 Å². The van der Waals surface area contributed by atoms with Crippen molar-refractivity contribution in [2.75, 3.05) is 20.8 Å². The topological polar surface area (TPSA) is 65.3 Å². The monoisotopic (exact) mass is 420 g/mol. The van der Waals surface area contributed by atoms with Crippen LogP contribution in [0.1, 0.15) is 36.1 Å². The normalized spacial score (nSPS) is 19.5. The molecule has 0 saturated heterocycles. The van der Waals surface area contributed by atoms with Gasteiger partial charge in [0.05, 0.1) is 38.8 Å². The zero-order valence-electron chi connectivity index (χ0n) is 17.6. The summed E-state index contributed by atoms with van der Waals surface area (Å²) in [4.78, 5) is 0. The highest BCUT2D eigenvalue weighted by Gasteiger charge is 2.42. The number of para-hydroxylation sites is 1. The van der Waals surface area contributed by atoms with Crippen LogP contribution in [-0.4, -0.2) is 25.8 Å². The van der Waals surface area contributed by atoms with Gasteiger partial charge in [0.2, 0.25) is 0 Å². The van der Waals surface area contributed by atoms with Crippen LogP contribution in [0, 0.1) is 0 Å². The molecule has 2 aliphatic heterocycles. The lowest BCUT2D eigenvalue weighted by molar-refractivity contribution is -0.0348. The van der Waals surface area contributed by atoms with Gasteiger partial charge in [0.1, 0.15) is 0 Å². The molecule has 3 aromatic rings. The van der Waals surface area contributed by atoms with E-state index < -0.39 is 6.23 Å². The summed E-state index contributed by atoms with van der Waals surface area (Å²) in [5.41, 5.74) is 6.30. The highest BCUT2D eigenvalue weighted by atomic mass is 16.5. The maximum Gasteiger partial charge on any atom is 0.196 e. The van der Waals surface area contributed by atoms with Gasteiger partial charge in [-0.3, -0.25) is 0 Å². The molecule has 0 radical (unpaired) electrons. The Bertz CT molecular complexity index is 1110. The minimum absolute atomic E-state index is 0.0673. The Balaban J connectivity index is 1.61. The van der Waals surface area contributed by atoms with E-state index in [0.29, 0.717) is 18.1 Å². The largest absolute Gasteiger partial charge is 0.493 e. The van der Waals surface area contributed by atoms with Crippen LogP contribution in [0.25, 0.3) is 5.70 Å². The van der Waals surface area contributed by atoms with Crippen LogP contribution in [0.3, 0.4) is 0 Å². The van der Waals surface area contributed by atoms with E-state index in [2.05, 4.69) is 22.6 Å². The molecule has 1 aromatic heterocycles. The van der Waals surface area contributed by atoms with Gasteiger partial charge >= 0.3 is 0 Å². The van der Waals surface area contributed by atoms with Crippen molar-refractivity contribution >= 4 is 5.70 Å². The molecule has 2 atom stereocenters. The van der Waals surface area contributed by atoms with Gasteiger partial charge in [-0.25, -0.2) is 0 Å². The fraction of sp³-hybridized carbons (Fsp3) is 0.250. The third-order valence-corrected chi connectivity index (χ3v) is 5.46. The third kappa shape index (κ3) is 3.27. The highest BCUT2D eigenvalue weighted by molar-refractivity contribution is 5.65. The van der Waals surface area contributed by atoms with Crippen molar-refractivity contribution in [2.45, 2.75) is 19.2 Å². The molecule has 0 saturated carbocycles. The zero-order valence-corrected chi connectivity index (χ0v) is 17.6. The van der Waals surface area contributed by atoms with Crippen LogP contribution >= 0.6 is 0 Å². The fourth-order valence-corrected chi connectivity index (χ4v) is 4.06. The first-order chi connectivity index (χ1) is 15.2. The zero-order chi connectivity index (χ0) is 21.4. The van der Waals surface area contributed by atoms with E-state index in [9.17, 15) is 0 Å². The number of benzene rings is 2. The Morgan fingerprint density at radius 3 is 2.61 bits per heavy atom. The molecule has 0 aliphatic carbocycles. The minimum Gasteiger partial charge on any atom is -0.493 e. The summed E-state index contributed by atoms with van der Waals surface area (Å²) in [6, 6.07) is 15.5. The number of hydrogen-bond acceptors (Lipinski definition) is 7. The lowest BCUT2D eigenvalue weighted by Gasteiger charge is -2.39. The Kier molecular flexibility index (Phi) is 4.95. The predicted octanol–water partition coefficient (Wildman–Crippen LogP) is 4.69. The molecule has 31 heavy (non-hydrogen) atoms. The smallest absolute Gasteiger partial charge is 0.196 e. The van der Waals surface area contributed by atoms with Crippen molar-refractivity contribution in [1.82, 2.24) is 10.4 Å². The van der Waals surface area contributed by atoms with Gasteiger partial charge in [-0.2, -0.15) is 5.01 Å². The average Bonchev–Trinajstić information content (AvgIpc) is 3.48. The molecule has 2 aromatic carbocycles. The predicted molar refractivity (Wildman–Crippen MR) is 115 cm³/mol.